The Morgan fingerprint density at radius 2 is 1.77 bits per heavy atom. The second kappa shape index (κ2) is 8.85. The molecule has 0 atom stereocenters. The van der Waals surface area contributed by atoms with Crippen molar-refractivity contribution in [1.82, 2.24) is 15.1 Å². The highest BCUT2D eigenvalue weighted by molar-refractivity contribution is 5.77. The molecule has 26 heavy (non-hydrogen) atoms. The van der Waals surface area contributed by atoms with Gasteiger partial charge in [0.2, 0.25) is 0 Å². The number of aromatic nitrogens is 2. The fourth-order valence-corrected chi connectivity index (χ4v) is 2.68. The molecule has 0 saturated heterocycles. The van der Waals surface area contributed by atoms with Crippen LogP contribution in [-0.2, 0) is 11.2 Å². The largest absolute Gasteiger partial charge is 0.484 e. The van der Waals surface area contributed by atoms with Crippen LogP contribution < -0.4 is 10.1 Å². The van der Waals surface area contributed by atoms with Gasteiger partial charge in [-0.25, -0.2) is 4.68 Å². The van der Waals surface area contributed by atoms with E-state index in [1.54, 1.807) is 0 Å². The number of carbonyl (C=O) groups is 1. The highest BCUT2D eigenvalue weighted by atomic mass is 16.5. The lowest BCUT2D eigenvalue weighted by atomic mass is 10.1. The van der Waals surface area contributed by atoms with Gasteiger partial charge in [0.15, 0.2) is 6.61 Å². The molecule has 1 aromatic heterocycles. The number of para-hydroxylation sites is 2. The van der Waals surface area contributed by atoms with Crippen molar-refractivity contribution in [3.05, 3.63) is 78.1 Å². The Bertz CT molecular complexity index is 829. The standard InChI is InChI=1S/C21H23N3O2/c1-17-18(15-24(23-17)19-10-4-2-5-11-19)9-8-14-22-21(25)16-26-20-12-6-3-7-13-20/h2-7,10-13,15H,8-9,14,16H2,1H3,(H,22,25). The molecule has 1 amide bonds. The van der Waals surface area contributed by atoms with E-state index < -0.39 is 0 Å². The summed E-state index contributed by atoms with van der Waals surface area (Å²) >= 11 is 0. The number of amides is 1. The normalized spacial score (nSPS) is 10.5. The van der Waals surface area contributed by atoms with Crippen LogP contribution >= 0.6 is 0 Å². The first-order valence-electron chi connectivity index (χ1n) is 8.77. The number of benzene rings is 2. The topological polar surface area (TPSA) is 56.2 Å². The molecule has 2 aromatic carbocycles. The Hall–Kier alpha value is -3.08. The van der Waals surface area contributed by atoms with Crippen molar-refractivity contribution in [2.75, 3.05) is 13.2 Å². The molecule has 0 radical (unpaired) electrons. The molecule has 5 heteroatoms. The average molecular weight is 349 g/mol. The number of ether oxygens (including phenoxy) is 1. The Morgan fingerprint density at radius 3 is 2.50 bits per heavy atom. The lowest BCUT2D eigenvalue weighted by Crippen LogP contribution is -2.29. The smallest absolute Gasteiger partial charge is 0.257 e. The molecule has 1 heterocycles. The molecule has 0 aliphatic carbocycles. The first-order valence-corrected chi connectivity index (χ1v) is 8.77. The van der Waals surface area contributed by atoms with Gasteiger partial charge in [0, 0.05) is 12.7 Å². The van der Waals surface area contributed by atoms with Gasteiger partial charge in [0.05, 0.1) is 11.4 Å². The van der Waals surface area contributed by atoms with Crippen molar-refractivity contribution in [3.8, 4) is 11.4 Å². The summed E-state index contributed by atoms with van der Waals surface area (Å²) in [5.41, 5.74) is 3.27. The molecule has 0 saturated carbocycles. The van der Waals surface area contributed by atoms with Gasteiger partial charge in [-0.3, -0.25) is 4.79 Å². The Labute approximate surface area is 153 Å². The number of carbonyl (C=O) groups excluding carboxylic acids is 1. The van der Waals surface area contributed by atoms with Crippen molar-refractivity contribution in [3.63, 3.8) is 0 Å². The summed E-state index contributed by atoms with van der Waals surface area (Å²) in [6.07, 6.45) is 3.79. The van der Waals surface area contributed by atoms with E-state index in [4.69, 9.17) is 4.74 Å². The first-order chi connectivity index (χ1) is 12.7. The first kappa shape index (κ1) is 17.7. The van der Waals surface area contributed by atoms with E-state index in [1.807, 2.05) is 72.3 Å². The summed E-state index contributed by atoms with van der Waals surface area (Å²) in [5, 5.41) is 7.46. The summed E-state index contributed by atoms with van der Waals surface area (Å²) in [4.78, 5) is 11.8. The van der Waals surface area contributed by atoms with Crippen LogP contribution in [0.3, 0.4) is 0 Å². The maximum Gasteiger partial charge on any atom is 0.257 e. The predicted octanol–water partition coefficient (Wildman–Crippen LogP) is 3.31. The highest BCUT2D eigenvalue weighted by Crippen LogP contribution is 2.13. The molecule has 0 aliphatic rings. The molecule has 3 aromatic rings. The van der Waals surface area contributed by atoms with Crippen LogP contribution in [0.5, 0.6) is 5.75 Å². The van der Waals surface area contributed by atoms with Crippen LogP contribution in [-0.4, -0.2) is 28.8 Å². The van der Waals surface area contributed by atoms with E-state index >= 15 is 0 Å². The van der Waals surface area contributed by atoms with Gasteiger partial charge in [0.1, 0.15) is 5.75 Å². The van der Waals surface area contributed by atoms with Crippen molar-refractivity contribution in [2.45, 2.75) is 19.8 Å². The average Bonchev–Trinajstić information content (AvgIpc) is 3.06. The molecule has 134 valence electrons. The van der Waals surface area contributed by atoms with Crippen LogP contribution in [0.15, 0.2) is 66.9 Å². The Balaban J connectivity index is 1.41. The number of hydrogen-bond donors (Lipinski definition) is 1. The summed E-state index contributed by atoms with van der Waals surface area (Å²) < 4.78 is 7.33. The third-order valence-electron chi connectivity index (χ3n) is 4.08. The molecular weight excluding hydrogens is 326 g/mol. The van der Waals surface area contributed by atoms with E-state index in [-0.39, 0.29) is 12.5 Å². The van der Waals surface area contributed by atoms with E-state index in [1.165, 1.54) is 5.56 Å². The van der Waals surface area contributed by atoms with Gasteiger partial charge in [-0.15, -0.1) is 0 Å². The molecule has 0 fully saturated rings. The maximum absolute atomic E-state index is 11.8. The number of hydrogen-bond acceptors (Lipinski definition) is 3. The number of rotatable bonds is 8. The van der Waals surface area contributed by atoms with E-state index in [0.29, 0.717) is 12.3 Å². The fraction of sp³-hybridized carbons (Fsp3) is 0.238. The van der Waals surface area contributed by atoms with Crippen molar-refractivity contribution >= 4 is 5.91 Å². The third kappa shape index (κ3) is 4.96. The molecule has 1 N–H and O–H groups in total. The molecular formula is C21H23N3O2. The summed E-state index contributed by atoms with van der Waals surface area (Å²) in [6, 6.07) is 19.4. The Morgan fingerprint density at radius 1 is 1.08 bits per heavy atom. The fourth-order valence-electron chi connectivity index (χ4n) is 2.68. The summed E-state index contributed by atoms with van der Waals surface area (Å²) in [6.45, 7) is 2.67. The molecule has 0 unspecified atom stereocenters. The van der Waals surface area contributed by atoms with Gasteiger partial charge in [-0.05, 0) is 49.6 Å². The highest BCUT2D eigenvalue weighted by Gasteiger charge is 2.07. The quantitative estimate of drug-likeness (QED) is 0.635. The predicted molar refractivity (Wildman–Crippen MR) is 102 cm³/mol. The molecule has 0 spiro atoms. The Kier molecular flexibility index (Phi) is 6.04. The monoisotopic (exact) mass is 349 g/mol. The zero-order valence-corrected chi connectivity index (χ0v) is 14.9. The maximum atomic E-state index is 11.8. The molecule has 0 bridgehead atoms. The molecule has 0 aliphatic heterocycles. The minimum atomic E-state index is -0.106. The van der Waals surface area contributed by atoms with Crippen LogP contribution in [0.1, 0.15) is 17.7 Å². The lowest BCUT2D eigenvalue weighted by Gasteiger charge is -2.07. The number of aryl methyl sites for hydroxylation is 2. The second-order valence-electron chi connectivity index (χ2n) is 6.08. The number of nitrogens with zero attached hydrogens (tertiary/aromatic N) is 2. The minimum absolute atomic E-state index is 0.0367. The van der Waals surface area contributed by atoms with Crippen molar-refractivity contribution in [1.29, 1.82) is 0 Å². The van der Waals surface area contributed by atoms with E-state index in [0.717, 1.165) is 24.2 Å². The molecule has 3 rings (SSSR count). The van der Waals surface area contributed by atoms with E-state index in [9.17, 15) is 4.79 Å². The zero-order chi connectivity index (χ0) is 18.2. The van der Waals surface area contributed by atoms with Gasteiger partial charge in [-0.2, -0.15) is 5.10 Å². The lowest BCUT2D eigenvalue weighted by molar-refractivity contribution is -0.123. The minimum Gasteiger partial charge on any atom is -0.484 e. The summed E-state index contributed by atoms with van der Waals surface area (Å²) in [5.74, 6) is 0.595. The van der Waals surface area contributed by atoms with Crippen molar-refractivity contribution in [2.24, 2.45) is 0 Å². The van der Waals surface area contributed by atoms with Crippen molar-refractivity contribution < 1.29 is 9.53 Å². The van der Waals surface area contributed by atoms with E-state index in [2.05, 4.69) is 16.6 Å². The van der Waals surface area contributed by atoms with Crippen LogP contribution in [0, 0.1) is 6.92 Å². The zero-order valence-electron chi connectivity index (χ0n) is 14.9. The summed E-state index contributed by atoms with van der Waals surface area (Å²) in [7, 11) is 0. The van der Waals surface area contributed by atoms with Gasteiger partial charge < -0.3 is 10.1 Å². The van der Waals surface area contributed by atoms with Gasteiger partial charge >= 0.3 is 0 Å². The van der Waals surface area contributed by atoms with Crippen LogP contribution in [0.4, 0.5) is 0 Å². The second-order valence-corrected chi connectivity index (χ2v) is 6.08. The van der Waals surface area contributed by atoms with Gasteiger partial charge in [-0.1, -0.05) is 36.4 Å². The third-order valence-corrected chi connectivity index (χ3v) is 4.08. The van der Waals surface area contributed by atoms with Crippen LogP contribution in [0.2, 0.25) is 0 Å². The number of nitrogens with one attached hydrogen (secondary N) is 1. The molecule has 5 nitrogen and oxygen atoms in total. The van der Waals surface area contributed by atoms with Crippen LogP contribution in [0.25, 0.3) is 5.69 Å². The van der Waals surface area contributed by atoms with Gasteiger partial charge in [0.25, 0.3) is 5.91 Å². The SMILES string of the molecule is Cc1nn(-c2ccccc2)cc1CCCNC(=O)COc1ccccc1.